The summed E-state index contributed by atoms with van der Waals surface area (Å²) in [7, 11) is 0. The number of aromatic nitrogens is 1. The summed E-state index contributed by atoms with van der Waals surface area (Å²) in [6.07, 6.45) is -3.13. The number of nitrogens with zero attached hydrogens (tertiary/aromatic N) is 2. The molecule has 0 atom stereocenters. The van der Waals surface area contributed by atoms with Gasteiger partial charge in [0.15, 0.2) is 0 Å². The van der Waals surface area contributed by atoms with Crippen LogP contribution >= 0.6 is 11.6 Å². The number of amides is 1. The molecule has 0 bridgehead atoms. The van der Waals surface area contributed by atoms with Crippen molar-refractivity contribution in [3.63, 3.8) is 0 Å². The standard InChI is InChI=1S/C30H23ClF3N3O2/c1-19-14-22(15-23(17-35)29(38)36-26-5-3-4-24(16-26)30(32,33)34)20(2)37(19)27-10-12-28(13-11-27)39-18-21-6-8-25(31)9-7-21/h3-16H,18H2,1-2H3,(H,36,38)/b23-15-. The molecule has 1 aromatic heterocycles. The number of ether oxygens (including phenoxy) is 1. The van der Waals surface area contributed by atoms with Gasteiger partial charge in [0.05, 0.1) is 5.56 Å². The number of hydrogen-bond acceptors (Lipinski definition) is 3. The second-order valence-electron chi connectivity index (χ2n) is 8.77. The zero-order valence-corrected chi connectivity index (χ0v) is 21.8. The van der Waals surface area contributed by atoms with Crippen LogP contribution in [0.1, 0.15) is 28.1 Å². The SMILES string of the molecule is Cc1cc(/C=C(/C#N)C(=O)Nc2cccc(C(F)(F)F)c2)c(C)n1-c1ccc(OCc2ccc(Cl)cc2)cc1. The third kappa shape index (κ3) is 6.70. The first-order chi connectivity index (χ1) is 18.5. The first-order valence-corrected chi connectivity index (χ1v) is 12.2. The second kappa shape index (κ2) is 11.5. The lowest BCUT2D eigenvalue weighted by atomic mass is 10.1. The average Bonchev–Trinajstić information content (AvgIpc) is 3.19. The van der Waals surface area contributed by atoms with Crippen molar-refractivity contribution >= 4 is 29.3 Å². The Morgan fingerprint density at radius 2 is 1.74 bits per heavy atom. The molecule has 39 heavy (non-hydrogen) atoms. The highest BCUT2D eigenvalue weighted by molar-refractivity contribution is 6.30. The molecule has 4 rings (SSSR count). The molecular weight excluding hydrogens is 527 g/mol. The number of anilines is 1. The van der Waals surface area contributed by atoms with Crippen molar-refractivity contribution < 1.29 is 22.7 Å². The Kier molecular flexibility index (Phi) is 8.12. The first-order valence-electron chi connectivity index (χ1n) is 11.8. The number of alkyl halides is 3. The van der Waals surface area contributed by atoms with E-state index in [4.69, 9.17) is 16.3 Å². The molecule has 198 valence electrons. The van der Waals surface area contributed by atoms with E-state index in [1.807, 2.05) is 66.9 Å². The minimum Gasteiger partial charge on any atom is -0.489 e. The average molecular weight is 550 g/mol. The van der Waals surface area contributed by atoms with Gasteiger partial charge in [-0.3, -0.25) is 4.79 Å². The molecule has 0 unspecified atom stereocenters. The lowest BCUT2D eigenvalue weighted by Crippen LogP contribution is -2.14. The normalized spacial score (nSPS) is 11.7. The van der Waals surface area contributed by atoms with Gasteiger partial charge in [-0.2, -0.15) is 18.4 Å². The molecular formula is C30H23ClF3N3O2. The molecule has 0 aliphatic rings. The van der Waals surface area contributed by atoms with Gasteiger partial charge in [-0.15, -0.1) is 0 Å². The Hall–Kier alpha value is -4.48. The molecule has 1 N–H and O–H groups in total. The zero-order valence-electron chi connectivity index (χ0n) is 21.0. The number of carbonyl (C=O) groups excluding carboxylic acids is 1. The van der Waals surface area contributed by atoms with E-state index in [0.717, 1.165) is 34.8 Å². The van der Waals surface area contributed by atoms with Gasteiger partial charge >= 0.3 is 6.18 Å². The van der Waals surface area contributed by atoms with Gasteiger partial charge in [-0.25, -0.2) is 0 Å². The smallest absolute Gasteiger partial charge is 0.416 e. The van der Waals surface area contributed by atoms with Gasteiger partial charge in [0.1, 0.15) is 24.0 Å². The molecule has 0 aliphatic carbocycles. The highest BCUT2D eigenvalue weighted by Gasteiger charge is 2.30. The van der Waals surface area contributed by atoms with Crippen LogP contribution in [0, 0.1) is 25.2 Å². The first kappa shape index (κ1) is 27.6. The monoisotopic (exact) mass is 549 g/mol. The number of aryl methyl sites for hydroxylation is 1. The molecule has 1 amide bonds. The Morgan fingerprint density at radius 1 is 1.05 bits per heavy atom. The van der Waals surface area contributed by atoms with E-state index in [-0.39, 0.29) is 11.3 Å². The molecule has 9 heteroatoms. The predicted octanol–water partition coefficient (Wildman–Crippen LogP) is 7.89. The number of benzene rings is 3. The van der Waals surface area contributed by atoms with Crippen molar-refractivity contribution in [1.29, 1.82) is 5.26 Å². The van der Waals surface area contributed by atoms with Gasteiger partial charge in [-0.1, -0.05) is 29.8 Å². The fourth-order valence-corrected chi connectivity index (χ4v) is 4.17. The maximum Gasteiger partial charge on any atom is 0.416 e. The van der Waals surface area contributed by atoms with Crippen LogP contribution < -0.4 is 10.1 Å². The predicted molar refractivity (Wildman–Crippen MR) is 145 cm³/mol. The maximum absolute atomic E-state index is 13.0. The van der Waals surface area contributed by atoms with Crippen LogP contribution in [0.3, 0.4) is 0 Å². The summed E-state index contributed by atoms with van der Waals surface area (Å²) in [5, 5.41) is 12.6. The summed E-state index contributed by atoms with van der Waals surface area (Å²) in [5.74, 6) is -0.113. The van der Waals surface area contributed by atoms with Crippen molar-refractivity contribution in [2.24, 2.45) is 0 Å². The fraction of sp³-hybridized carbons (Fsp3) is 0.133. The molecule has 0 saturated carbocycles. The van der Waals surface area contributed by atoms with Crippen molar-refractivity contribution in [1.82, 2.24) is 4.57 Å². The molecule has 1 heterocycles. The topological polar surface area (TPSA) is 67.0 Å². The summed E-state index contributed by atoms with van der Waals surface area (Å²) in [6, 6.07) is 22.8. The van der Waals surface area contributed by atoms with Crippen molar-refractivity contribution in [2.75, 3.05) is 5.32 Å². The molecule has 5 nitrogen and oxygen atoms in total. The minimum atomic E-state index is -4.55. The summed E-state index contributed by atoms with van der Waals surface area (Å²) in [6.45, 7) is 4.14. The molecule has 0 saturated heterocycles. The van der Waals surface area contributed by atoms with Crippen molar-refractivity contribution in [3.8, 4) is 17.5 Å². The highest BCUT2D eigenvalue weighted by Crippen LogP contribution is 2.31. The quantitative estimate of drug-likeness (QED) is 0.188. The van der Waals surface area contributed by atoms with Crippen LogP contribution in [-0.4, -0.2) is 10.5 Å². The van der Waals surface area contributed by atoms with Crippen LogP contribution in [0.25, 0.3) is 11.8 Å². The minimum absolute atomic E-state index is 0.0557. The number of halogens is 4. The van der Waals surface area contributed by atoms with Gasteiger partial charge in [0.25, 0.3) is 5.91 Å². The van der Waals surface area contributed by atoms with E-state index < -0.39 is 17.6 Å². The number of nitrogens with one attached hydrogen (secondary N) is 1. The molecule has 0 radical (unpaired) electrons. The van der Waals surface area contributed by atoms with Crippen LogP contribution in [0.2, 0.25) is 5.02 Å². The summed E-state index contributed by atoms with van der Waals surface area (Å²) in [4.78, 5) is 12.7. The van der Waals surface area contributed by atoms with Crippen molar-refractivity contribution in [2.45, 2.75) is 26.6 Å². The number of hydrogen-bond donors (Lipinski definition) is 1. The van der Waals surface area contributed by atoms with Gasteiger partial charge < -0.3 is 14.6 Å². The number of carbonyl (C=O) groups is 1. The second-order valence-corrected chi connectivity index (χ2v) is 9.21. The van der Waals surface area contributed by atoms with Gasteiger partial charge in [0.2, 0.25) is 0 Å². The van der Waals surface area contributed by atoms with Crippen LogP contribution in [0.5, 0.6) is 5.75 Å². The lowest BCUT2D eigenvalue weighted by Gasteiger charge is -2.12. The Labute approximate surface area is 228 Å². The van der Waals surface area contributed by atoms with Crippen LogP contribution in [-0.2, 0) is 17.6 Å². The highest BCUT2D eigenvalue weighted by atomic mass is 35.5. The maximum atomic E-state index is 13.0. The summed E-state index contributed by atoms with van der Waals surface area (Å²) in [5.41, 5.74) is 2.93. The van der Waals surface area contributed by atoms with E-state index >= 15 is 0 Å². The van der Waals surface area contributed by atoms with E-state index in [2.05, 4.69) is 5.32 Å². The Bertz CT molecular complexity index is 1570. The summed E-state index contributed by atoms with van der Waals surface area (Å²) >= 11 is 5.92. The third-order valence-electron chi connectivity index (χ3n) is 6.00. The number of nitriles is 1. The molecule has 0 aliphatic heterocycles. The third-order valence-corrected chi connectivity index (χ3v) is 6.25. The number of rotatable bonds is 7. The van der Waals surface area contributed by atoms with E-state index in [1.165, 1.54) is 18.2 Å². The summed E-state index contributed by atoms with van der Waals surface area (Å²) < 4.78 is 46.8. The molecule has 0 fully saturated rings. The van der Waals surface area contributed by atoms with Gasteiger partial charge in [0, 0.05) is 27.8 Å². The Balaban J connectivity index is 1.51. The van der Waals surface area contributed by atoms with Gasteiger partial charge in [-0.05, 0) is 91.7 Å². The van der Waals surface area contributed by atoms with Crippen molar-refractivity contribution in [3.05, 3.63) is 118 Å². The Morgan fingerprint density at radius 3 is 2.38 bits per heavy atom. The molecule has 0 spiro atoms. The molecule has 3 aromatic carbocycles. The largest absolute Gasteiger partial charge is 0.489 e. The van der Waals surface area contributed by atoms with E-state index in [9.17, 15) is 23.2 Å². The van der Waals surface area contributed by atoms with E-state index in [1.54, 1.807) is 12.1 Å². The zero-order chi connectivity index (χ0) is 28.2. The van der Waals surface area contributed by atoms with E-state index in [0.29, 0.717) is 22.9 Å². The lowest BCUT2D eigenvalue weighted by molar-refractivity contribution is -0.137. The van der Waals surface area contributed by atoms with Crippen LogP contribution in [0.4, 0.5) is 18.9 Å². The van der Waals surface area contributed by atoms with Crippen LogP contribution in [0.15, 0.2) is 84.4 Å². The fourth-order valence-electron chi connectivity index (χ4n) is 4.05. The molecule has 4 aromatic rings.